The average Bonchev–Trinajstić information content (AvgIpc) is 3.17. The summed E-state index contributed by atoms with van der Waals surface area (Å²) < 4.78 is 0. The smallest absolute Gasteiger partial charge is 0.261 e. The van der Waals surface area contributed by atoms with Crippen molar-refractivity contribution in [3.63, 3.8) is 0 Å². The summed E-state index contributed by atoms with van der Waals surface area (Å²) in [7, 11) is 0. The van der Waals surface area contributed by atoms with E-state index in [-0.39, 0.29) is 29.3 Å². The highest BCUT2D eigenvalue weighted by molar-refractivity contribution is 7.15. The average molecular weight is 358 g/mol. The van der Waals surface area contributed by atoms with Gasteiger partial charge in [-0.1, -0.05) is 25.2 Å². The predicted octanol–water partition coefficient (Wildman–Crippen LogP) is 2.75. The van der Waals surface area contributed by atoms with Gasteiger partial charge < -0.3 is 0 Å². The molecule has 25 heavy (non-hydrogen) atoms. The van der Waals surface area contributed by atoms with E-state index in [4.69, 9.17) is 0 Å². The largest absolute Gasteiger partial charge is 0.296 e. The lowest BCUT2D eigenvalue weighted by Gasteiger charge is -2.20. The fourth-order valence-electron chi connectivity index (χ4n) is 2.60. The van der Waals surface area contributed by atoms with Gasteiger partial charge in [-0.25, -0.2) is 0 Å². The predicted molar refractivity (Wildman–Crippen MR) is 93.9 cm³/mol. The molecular formula is C17H18N4O3S. The van der Waals surface area contributed by atoms with Crippen molar-refractivity contribution < 1.29 is 14.4 Å². The number of hydrogen-bond donors (Lipinski definition) is 1. The summed E-state index contributed by atoms with van der Waals surface area (Å²) in [5.74, 6) is -1.05. The van der Waals surface area contributed by atoms with Crippen LogP contribution < -0.4 is 5.32 Å². The standard InChI is InChI=1S/C17H18N4O3S/c1-4-9(3)21-15(23)11-7-6-10(8-12(11)16(21)24)14(22)18-17-20-19-13(5-2)25-17/h6-9H,4-5H2,1-3H3,(H,18,20,22)/t9-/m0/s1. The van der Waals surface area contributed by atoms with E-state index >= 15 is 0 Å². The highest BCUT2D eigenvalue weighted by Crippen LogP contribution is 2.27. The fraction of sp³-hybridized carbons (Fsp3) is 0.353. The van der Waals surface area contributed by atoms with E-state index in [9.17, 15) is 14.4 Å². The Labute approximate surface area is 149 Å². The molecule has 1 atom stereocenters. The Morgan fingerprint density at radius 3 is 2.56 bits per heavy atom. The monoisotopic (exact) mass is 358 g/mol. The van der Waals surface area contributed by atoms with E-state index in [0.717, 1.165) is 11.4 Å². The van der Waals surface area contributed by atoms with Gasteiger partial charge in [-0.2, -0.15) is 0 Å². The quantitative estimate of drug-likeness (QED) is 0.830. The molecule has 8 heteroatoms. The Balaban J connectivity index is 1.85. The number of rotatable bonds is 5. The summed E-state index contributed by atoms with van der Waals surface area (Å²) in [6, 6.07) is 4.36. The number of carbonyl (C=O) groups is 3. The van der Waals surface area contributed by atoms with Gasteiger partial charge in [0.1, 0.15) is 5.01 Å². The van der Waals surface area contributed by atoms with Crippen molar-refractivity contribution in [2.45, 2.75) is 39.7 Å². The van der Waals surface area contributed by atoms with Crippen LogP contribution in [0.3, 0.4) is 0 Å². The van der Waals surface area contributed by atoms with Crippen molar-refractivity contribution >= 4 is 34.2 Å². The molecule has 0 bridgehead atoms. The third-order valence-corrected chi connectivity index (χ3v) is 5.18. The Hall–Kier alpha value is -2.61. The van der Waals surface area contributed by atoms with Gasteiger partial charge in [0.05, 0.1) is 11.1 Å². The third-order valence-electron chi connectivity index (χ3n) is 4.20. The molecule has 0 fully saturated rings. The SMILES string of the molecule is CCc1nnc(NC(=O)c2ccc3c(c2)C(=O)N([C@@H](C)CC)C3=O)s1. The van der Waals surface area contributed by atoms with Crippen molar-refractivity contribution in [2.75, 3.05) is 5.32 Å². The molecule has 0 saturated heterocycles. The topological polar surface area (TPSA) is 92.3 Å². The lowest BCUT2D eigenvalue weighted by atomic mass is 10.1. The van der Waals surface area contributed by atoms with E-state index in [2.05, 4.69) is 15.5 Å². The number of fused-ring (bicyclic) bond motifs is 1. The molecule has 0 spiro atoms. The first-order chi connectivity index (χ1) is 12.0. The van der Waals surface area contributed by atoms with Gasteiger partial charge in [-0.15, -0.1) is 10.2 Å². The summed E-state index contributed by atoms with van der Waals surface area (Å²) >= 11 is 1.31. The lowest BCUT2D eigenvalue weighted by Crippen LogP contribution is -2.37. The molecule has 1 aromatic heterocycles. The molecule has 3 amide bonds. The second kappa shape index (κ2) is 6.72. The minimum atomic E-state index is -0.385. The van der Waals surface area contributed by atoms with Crippen LogP contribution in [0.2, 0.25) is 0 Å². The van der Waals surface area contributed by atoms with Gasteiger partial charge in [0.25, 0.3) is 17.7 Å². The number of benzene rings is 1. The summed E-state index contributed by atoms with van der Waals surface area (Å²) in [4.78, 5) is 38.6. The van der Waals surface area contributed by atoms with Crippen molar-refractivity contribution in [1.82, 2.24) is 15.1 Å². The van der Waals surface area contributed by atoms with Gasteiger partial charge >= 0.3 is 0 Å². The highest BCUT2D eigenvalue weighted by atomic mass is 32.1. The second-order valence-electron chi connectivity index (χ2n) is 5.81. The first kappa shape index (κ1) is 17.2. The lowest BCUT2D eigenvalue weighted by molar-refractivity contribution is 0.0593. The van der Waals surface area contributed by atoms with E-state index in [1.54, 1.807) is 6.07 Å². The van der Waals surface area contributed by atoms with Gasteiger partial charge in [0.2, 0.25) is 5.13 Å². The van der Waals surface area contributed by atoms with Crippen molar-refractivity contribution in [1.29, 1.82) is 0 Å². The maximum Gasteiger partial charge on any atom is 0.261 e. The number of imide groups is 1. The van der Waals surface area contributed by atoms with E-state index < -0.39 is 0 Å². The number of nitrogens with one attached hydrogen (secondary N) is 1. The Morgan fingerprint density at radius 2 is 1.92 bits per heavy atom. The van der Waals surface area contributed by atoms with Gasteiger partial charge in [0.15, 0.2) is 0 Å². The van der Waals surface area contributed by atoms with Crippen LogP contribution in [0.25, 0.3) is 0 Å². The van der Waals surface area contributed by atoms with Crippen LogP contribution in [0, 0.1) is 0 Å². The zero-order valence-corrected chi connectivity index (χ0v) is 15.0. The van der Waals surface area contributed by atoms with E-state index in [1.807, 2.05) is 20.8 Å². The third kappa shape index (κ3) is 3.05. The molecule has 1 N–H and O–H groups in total. The van der Waals surface area contributed by atoms with Crippen LogP contribution in [0.4, 0.5) is 5.13 Å². The first-order valence-corrected chi connectivity index (χ1v) is 8.93. The van der Waals surface area contributed by atoms with Crippen LogP contribution in [-0.4, -0.2) is 38.9 Å². The van der Waals surface area contributed by atoms with Crippen LogP contribution >= 0.6 is 11.3 Å². The van der Waals surface area contributed by atoms with Crippen LogP contribution in [0.15, 0.2) is 18.2 Å². The number of aromatic nitrogens is 2. The maximum atomic E-state index is 12.5. The molecule has 0 aliphatic carbocycles. The molecule has 1 aliphatic rings. The highest BCUT2D eigenvalue weighted by Gasteiger charge is 2.38. The summed E-state index contributed by atoms with van der Waals surface area (Å²) in [5, 5.41) is 11.8. The molecule has 0 saturated carbocycles. The first-order valence-electron chi connectivity index (χ1n) is 8.11. The molecule has 2 aromatic rings. The van der Waals surface area contributed by atoms with Gasteiger partial charge in [-0.3, -0.25) is 24.6 Å². The van der Waals surface area contributed by atoms with Gasteiger partial charge in [-0.05, 0) is 38.0 Å². The molecular weight excluding hydrogens is 340 g/mol. The molecule has 0 unspecified atom stereocenters. The number of carbonyl (C=O) groups excluding carboxylic acids is 3. The number of aryl methyl sites for hydroxylation is 1. The van der Waals surface area contributed by atoms with Crippen LogP contribution in [0.1, 0.15) is 63.3 Å². The molecule has 1 aliphatic heterocycles. The molecule has 3 rings (SSSR count). The van der Waals surface area contributed by atoms with Gasteiger partial charge in [0, 0.05) is 11.6 Å². The fourth-order valence-corrected chi connectivity index (χ4v) is 3.27. The van der Waals surface area contributed by atoms with Crippen LogP contribution in [-0.2, 0) is 6.42 Å². The molecule has 0 radical (unpaired) electrons. The molecule has 2 heterocycles. The summed E-state index contributed by atoms with van der Waals surface area (Å²) in [6.07, 6.45) is 1.42. The number of nitrogens with zero attached hydrogens (tertiary/aromatic N) is 3. The van der Waals surface area contributed by atoms with Crippen LogP contribution in [0.5, 0.6) is 0 Å². The van der Waals surface area contributed by atoms with E-state index in [0.29, 0.717) is 22.7 Å². The zero-order valence-electron chi connectivity index (χ0n) is 14.2. The number of amides is 3. The van der Waals surface area contributed by atoms with E-state index in [1.165, 1.54) is 28.4 Å². The second-order valence-corrected chi connectivity index (χ2v) is 6.87. The van der Waals surface area contributed by atoms with Crippen molar-refractivity contribution in [3.05, 3.63) is 39.9 Å². The zero-order chi connectivity index (χ0) is 18.1. The Bertz CT molecular complexity index is 861. The van der Waals surface area contributed by atoms with Crippen molar-refractivity contribution in [3.8, 4) is 0 Å². The number of anilines is 1. The maximum absolute atomic E-state index is 12.5. The Morgan fingerprint density at radius 1 is 1.20 bits per heavy atom. The molecule has 130 valence electrons. The van der Waals surface area contributed by atoms with Crippen molar-refractivity contribution in [2.24, 2.45) is 0 Å². The number of hydrogen-bond acceptors (Lipinski definition) is 6. The summed E-state index contributed by atoms with van der Waals surface area (Å²) in [5.41, 5.74) is 0.912. The molecule has 7 nitrogen and oxygen atoms in total. The summed E-state index contributed by atoms with van der Waals surface area (Å²) in [6.45, 7) is 5.70. The minimum absolute atomic E-state index is 0.182. The minimum Gasteiger partial charge on any atom is -0.296 e. The Kier molecular flexibility index (Phi) is 4.63. The normalized spacial score (nSPS) is 14.6. The molecule has 1 aromatic carbocycles.